The fourth-order valence-corrected chi connectivity index (χ4v) is 4.47. The van der Waals surface area contributed by atoms with E-state index >= 15 is 0 Å². The SMILES string of the molecule is CCS(=O)(=O)C1C(CN)C1c1ccc(Cl)cc1. The quantitative estimate of drug-likeness (QED) is 0.910. The fourth-order valence-electron chi connectivity index (χ4n) is 2.43. The van der Waals surface area contributed by atoms with Gasteiger partial charge >= 0.3 is 0 Å². The van der Waals surface area contributed by atoms with E-state index in [-0.39, 0.29) is 22.8 Å². The van der Waals surface area contributed by atoms with Gasteiger partial charge in [-0.1, -0.05) is 30.7 Å². The van der Waals surface area contributed by atoms with Crippen molar-refractivity contribution in [1.29, 1.82) is 0 Å². The van der Waals surface area contributed by atoms with E-state index in [9.17, 15) is 8.42 Å². The molecule has 94 valence electrons. The molecule has 0 aliphatic heterocycles. The first kappa shape index (κ1) is 12.9. The van der Waals surface area contributed by atoms with Crippen LogP contribution in [-0.2, 0) is 9.84 Å². The van der Waals surface area contributed by atoms with Gasteiger partial charge in [-0.15, -0.1) is 0 Å². The fraction of sp³-hybridized carbons (Fsp3) is 0.500. The first-order valence-electron chi connectivity index (χ1n) is 5.68. The first-order valence-corrected chi connectivity index (χ1v) is 7.77. The maximum Gasteiger partial charge on any atom is 0.153 e. The summed E-state index contributed by atoms with van der Waals surface area (Å²) in [6.45, 7) is 2.09. The van der Waals surface area contributed by atoms with Crippen molar-refractivity contribution in [2.24, 2.45) is 11.7 Å². The standard InChI is InChI=1S/C12H16ClNO2S/c1-2-17(15,16)12-10(7-14)11(12)8-3-5-9(13)6-4-8/h3-6,10-12H,2,7,14H2,1H3. The second-order valence-electron chi connectivity index (χ2n) is 4.39. The van der Waals surface area contributed by atoms with Crippen molar-refractivity contribution in [3.8, 4) is 0 Å². The van der Waals surface area contributed by atoms with Gasteiger partial charge in [0.15, 0.2) is 9.84 Å². The Labute approximate surface area is 107 Å². The van der Waals surface area contributed by atoms with Crippen LogP contribution in [0, 0.1) is 5.92 Å². The second-order valence-corrected chi connectivity index (χ2v) is 7.28. The minimum atomic E-state index is -3.01. The summed E-state index contributed by atoms with van der Waals surface area (Å²) in [5, 5.41) is 0.354. The third-order valence-electron chi connectivity index (χ3n) is 3.44. The molecule has 0 heterocycles. The summed E-state index contributed by atoms with van der Waals surface area (Å²) >= 11 is 5.82. The van der Waals surface area contributed by atoms with E-state index in [0.29, 0.717) is 11.6 Å². The van der Waals surface area contributed by atoms with Gasteiger partial charge < -0.3 is 5.73 Å². The van der Waals surface area contributed by atoms with E-state index < -0.39 is 9.84 Å². The molecule has 0 spiro atoms. The Bertz CT molecular complexity index is 498. The minimum Gasteiger partial charge on any atom is -0.330 e. The molecule has 1 saturated carbocycles. The lowest BCUT2D eigenvalue weighted by atomic mass is 10.1. The molecule has 17 heavy (non-hydrogen) atoms. The van der Waals surface area contributed by atoms with Crippen molar-refractivity contribution >= 4 is 21.4 Å². The zero-order chi connectivity index (χ0) is 12.6. The highest BCUT2D eigenvalue weighted by atomic mass is 35.5. The zero-order valence-corrected chi connectivity index (χ0v) is 11.2. The lowest BCUT2D eigenvalue weighted by Gasteiger charge is -2.00. The van der Waals surface area contributed by atoms with Crippen LogP contribution >= 0.6 is 11.6 Å². The predicted molar refractivity (Wildman–Crippen MR) is 70.0 cm³/mol. The number of hydrogen-bond acceptors (Lipinski definition) is 3. The van der Waals surface area contributed by atoms with Gasteiger partial charge in [0.1, 0.15) is 0 Å². The maximum atomic E-state index is 11.9. The van der Waals surface area contributed by atoms with Gasteiger partial charge in [-0.3, -0.25) is 0 Å². The Hall–Kier alpha value is -0.580. The van der Waals surface area contributed by atoms with Crippen LogP contribution in [0.2, 0.25) is 5.02 Å². The number of sulfone groups is 1. The first-order chi connectivity index (χ1) is 8.01. The van der Waals surface area contributed by atoms with Gasteiger partial charge in [0, 0.05) is 16.7 Å². The van der Waals surface area contributed by atoms with Crippen LogP contribution in [0.25, 0.3) is 0 Å². The average Bonchev–Trinajstić information content (AvgIpc) is 3.05. The lowest BCUT2D eigenvalue weighted by molar-refractivity contribution is 0.593. The van der Waals surface area contributed by atoms with Gasteiger partial charge in [0.05, 0.1) is 5.25 Å². The number of benzene rings is 1. The van der Waals surface area contributed by atoms with E-state index in [1.807, 2.05) is 12.1 Å². The average molecular weight is 274 g/mol. The van der Waals surface area contributed by atoms with E-state index in [0.717, 1.165) is 5.56 Å². The summed E-state index contributed by atoms with van der Waals surface area (Å²) in [5.74, 6) is 0.279. The summed E-state index contributed by atoms with van der Waals surface area (Å²) < 4.78 is 23.8. The Kier molecular flexibility index (Phi) is 3.48. The topological polar surface area (TPSA) is 60.2 Å². The van der Waals surface area contributed by atoms with Crippen LogP contribution in [0.4, 0.5) is 0 Å². The molecular formula is C12H16ClNO2S. The largest absolute Gasteiger partial charge is 0.330 e. The molecule has 1 aliphatic rings. The molecule has 1 fully saturated rings. The van der Waals surface area contributed by atoms with E-state index in [1.165, 1.54) is 0 Å². The molecule has 2 rings (SSSR count). The Morgan fingerprint density at radius 3 is 2.35 bits per heavy atom. The molecule has 5 heteroatoms. The van der Waals surface area contributed by atoms with Gasteiger partial charge in [0.2, 0.25) is 0 Å². The van der Waals surface area contributed by atoms with Crippen molar-refractivity contribution in [3.63, 3.8) is 0 Å². The summed E-state index contributed by atoms with van der Waals surface area (Å²) in [7, 11) is -3.01. The number of rotatable bonds is 4. The third-order valence-corrected chi connectivity index (χ3v) is 5.97. The molecule has 3 nitrogen and oxygen atoms in total. The second kappa shape index (κ2) is 4.59. The Morgan fingerprint density at radius 1 is 1.29 bits per heavy atom. The smallest absolute Gasteiger partial charge is 0.153 e. The number of halogens is 1. The minimum absolute atomic E-state index is 0.0437. The molecule has 0 bridgehead atoms. The van der Waals surface area contributed by atoms with Gasteiger partial charge in [0.25, 0.3) is 0 Å². The molecule has 1 aromatic rings. The van der Waals surface area contributed by atoms with Crippen LogP contribution < -0.4 is 5.73 Å². The van der Waals surface area contributed by atoms with Crippen molar-refractivity contribution in [2.75, 3.05) is 12.3 Å². The van der Waals surface area contributed by atoms with Crippen molar-refractivity contribution in [1.82, 2.24) is 0 Å². The van der Waals surface area contributed by atoms with Crippen LogP contribution in [0.15, 0.2) is 24.3 Å². The molecule has 3 atom stereocenters. The summed E-state index contributed by atoms with van der Waals surface area (Å²) in [6.07, 6.45) is 0. The molecule has 1 aliphatic carbocycles. The van der Waals surface area contributed by atoms with E-state index in [1.54, 1.807) is 19.1 Å². The van der Waals surface area contributed by atoms with Crippen LogP contribution in [0.1, 0.15) is 18.4 Å². The van der Waals surface area contributed by atoms with Crippen LogP contribution in [0.5, 0.6) is 0 Å². The molecule has 2 N–H and O–H groups in total. The summed E-state index contributed by atoms with van der Waals surface area (Å²) in [5.41, 5.74) is 6.66. The predicted octanol–water partition coefficient (Wildman–Crippen LogP) is 1.82. The summed E-state index contributed by atoms with van der Waals surface area (Å²) in [6, 6.07) is 7.36. The van der Waals surface area contributed by atoms with Crippen LogP contribution in [-0.4, -0.2) is 26.0 Å². The third kappa shape index (κ3) is 2.34. The highest BCUT2D eigenvalue weighted by Gasteiger charge is 2.56. The molecular weight excluding hydrogens is 258 g/mol. The normalized spacial score (nSPS) is 28.1. The van der Waals surface area contributed by atoms with Gasteiger partial charge in [-0.2, -0.15) is 0 Å². The zero-order valence-electron chi connectivity index (χ0n) is 9.64. The number of hydrogen-bond donors (Lipinski definition) is 1. The van der Waals surface area contributed by atoms with Crippen molar-refractivity contribution < 1.29 is 8.42 Å². The maximum absolute atomic E-state index is 11.9. The Morgan fingerprint density at radius 2 is 1.88 bits per heavy atom. The molecule has 0 saturated heterocycles. The molecule has 0 radical (unpaired) electrons. The van der Waals surface area contributed by atoms with Gasteiger partial charge in [-0.05, 0) is 30.2 Å². The van der Waals surface area contributed by atoms with Crippen molar-refractivity contribution in [2.45, 2.75) is 18.1 Å². The molecule has 1 aromatic carbocycles. The Balaban J connectivity index is 2.26. The summed E-state index contributed by atoms with van der Waals surface area (Å²) in [4.78, 5) is 0. The van der Waals surface area contributed by atoms with Crippen molar-refractivity contribution in [3.05, 3.63) is 34.9 Å². The number of nitrogens with two attached hydrogens (primary N) is 1. The van der Waals surface area contributed by atoms with Gasteiger partial charge in [-0.25, -0.2) is 8.42 Å². The van der Waals surface area contributed by atoms with E-state index in [2.05, 4.69) is 0 Å². The molecule has 3 unspecified atom stereocenters. The lowest BCUT2D eigenvalue weighted by Crippen LogP contribution is -2.15. The highest BCUT2D eigenvalue weighted by molar-refractivity contribution is 7.92. The highest BCUT2D eigenvalue weighted by Crippen LogP contribution is 2.51. The monoisotopic (exact) mass is 273 g/mol. The molecule has 0 aromatic heterocycles. The molecule has 0 amide bonds. The van der Waals surface area contributed by atoms with E-state index in [4.69, 9.17) is 17.3 Å². The van der Waals surface area contributed by atoms with Crippen LogP contribution in [0.3, 0.4) is 0 Å².